The summed E-state index contributed by atoms with van der Waals surface area (Å²) in [6.07, 6.45) is -4.87. The number of nitrogens with one attached hydrogen (secondary N) is 1. The Morgan fingerprint density at radius 3 is 2.50 bits per heavy atom. The van der Waals surface area contributed by atoms with E-state index in [0.717, 1.165) is 0 Å². The Labute approximate surface area is 78.6 Å². The number of ether oxygens (including phenoxy) is 1. The Hall–Kier alpha value is -0.780. The van der Waals surface area contributed by atoms with Crippen molar-refractivity contribution in [1.82, 2.24) is 5.32 Å². The third-order valence-corrected chi connectivity index (χ3v) is 3.13. The molecule has 0 aromatic carbocycles. The van der Waals surface area contributed by atoms with Crippen molar-refractivity contribution in [2.24, 2.45) is 5.41 Å². The van der Waals surface area contributed by atoms with Gasteiger partial charge in [0.15, 0.2) is 0 Å². The molecule has 3 atom stereocenters. The Bertz CT molecular complexity index is 278. The molecule has 80 valence electrons. The number of carbonyl (C=O) groups is 1. The van der Waals surface area contributed by atoms with Crippen molar-refractivity contribution in [1.29, 1.82) is 0 Å². The predicted molar refractivity (Wildman–Crippen MR) is 40.4 cm³/mol. The van der Waals surface area contributed by atoms with Crippen molar-refractivity contribution < 1.29 is 22.7 Å². The second-order valence-corrected chi connectivity index (χ2v) is 3.93. The van der Waals surface area contributed by atoms with Crippen molar-refractivity contribution in [2.75, 3.05) is 6.54 Å². The molecule has 0 aromatic rings. The summed E-state index contributed by atoms with van der Waals surface area (Å²) in [5.41, 5.74) is -0.207. The molecule has 2 rings (SSSR count). The van der Waals surface area contributed by atoms with Crippen LogP contribution < -0.4 is 5.32 Å². The average Bonchev–Trinajstić information content (AvgIpc) is 2.77. The van der Waals surface area contributed by atoms with E-state index < -0.39 is 18.2 Å². The van der Waals surface area contributed by atoms with Crippen LogP contribution in [0.25, 0.3) is 0 Å². The van der Waals surface area contributed by atoms with Crippen LogP contribution in [-0.2, 0) is 9.53 Å². The topological polar surface area (TPSA) is 38.3 Å². The van der Waals surface area contributed by atoms with Crippen LogP contribution in [0.1, 0.15) is 13.3 Å². The predicted octanol–water partition coefficient (Wildman–Crippen LogP) is 0.842. The number of hydrogen-bond donors (Lipinski definition) is 1. The van der Waals surface area contributed by atoms with Crippen molar-refractivity contribution >= 4 is 5.97 Å². The summed E-state index contributed by atoms with van der Waals surface area (Å²) in [5, 5.41) is 3.03. The zero-order valence-corrected chi connectivity index (χ0v) is 7.52. The van der Waals surface area contributed by atoms with Gasteiger partial charge >= 0.3 is 12.1 Å². The Balaban J connectivity index is 1.87. The fourth-order valence-electron chi connectivity index (χ4n) is 1.85. The van der Waals surface area contributed by atoms with Crippen molar-refractivity contribution in [3.63, 3.8) is 0 Å². The second-order valence-electron chi connectivity index (χ2n) is 3.93. The highest BCUT2D eigenvalue weighted by Crippen LogP contribution is 2.55. The molecule has 1 aliphatic carbocycles. The highest BCUT2D eigenvalue weighted by atomic mass is 19.4. The molecule has 1 aliphatic heterocycles. The fraction of sp³-hybridized carbons (Fsp3) is 0.875. The van der Waals surface area contributed by atoms with Crippen molar-refractivity contribution in [2.45, 2.75) is 31.7 Å². The van der Waals surface area contributed by atoms with E-state index in [1.54, 1.807) is 0 Å². The summed E-state index contributed by atoms with van der Waals surface area (Å²) in [6, 6.07) is 0.147. The molecule has 0 amide bonds. The van der Waals surface area contributed by atoms with Crippen LogP contribution >= 0.6 is 0 Å². The SMILES string of the molecule is CC1NCC12CC2OC(=O)C(F)(F)F. The summed E-state index contributed by atoms with van der Waals surface area (Å²) in [6.45, 7) is 2.52. The highest BCUT2D eigenvalue weighted by molar-refractivity contribution is 5.76. The molecule has 3 unspecified atom stereocenters. The van der Waals surface area contributed by atoms with E-state index in [4.69, 9.17) is 0 Å². The molecule has 0 bridgehead atoms. The van der Waals surface area contributed by atoms with Gasteiger partial charge in [-0.25, -0.2) is 4.79 Å². The maximum Gasteiger partial charge on any atom is 0.490 e. The van der Waals surface area contributed by atoms with Crippen molar-refractivity contribution in [3.05, 3.63) is 0 Å². The normalized spacial score (nSPS) is 40.6. The van der Waals surface area contributed by atoms with Gasteiger partial charge in [-0.2, -0.15) is 13.2 Å². The van der Waals surface area contributed by atoms with Gasteiger partial charge in [0.25, 0.3) is 0 Å². The Morgan fingerprint density at radius 2 is 2.21 bits per heavy atom. The summed E-state index contributed by atoms with van der Waals surface area (Å²) < 4.78 is 39.8. The molecule has 1 spiro atoms. The van der Waals surface area contributed by atoms with Crippen LogP contribution in [0, 0.1) is 5.41 Å². The van der Waals surface area contributed by atoms with Gasteiger partial charge < -0.3 is 10.1 Å². The molecule has 1 saturated carbocycles. The quantitative estimate of drug-likeness (QED) is 0.650. The third-order valence-electron chi connectivity index (χ3n) is 3.13. The first kappa shape index (κ1) is 9.76. The van der Waals surface area contributed by atoms with E-state index in [1.165, 1.54) is 0 Å². The zero-order chi connectivity index (χ0) is 10.6. The molecule has 1 N–H and O–H groups in total. The van der Waals surface area contributed by atoms with Gasteiger partial charge in [0.05, 0.1) is 0 Å². The monoisotopic (exact) mass is 209 g/mol. The highest BCUT2D eigenvalue weighted by Gasteiger charge is 2.66. The minimum atomic E-state index is -4.87. The van der Waals surface area contributed by atoms with E-state index in [0.29, 0.717) is 13.0 Å². The number of carbonyl (C=O) groups excluding carboxylic acids is 1. The van der Waals surface area contributed by atoms with Crippen LogP contribution in [0.3, 0.4) is 0 Å². The molecule has 2 fully saturated rings. The summed E-state index contributed by atoms with van der Waals surface area (Å²) >= 11 is 0. The molecular formula is C8H10F3NO2. The fourth-order valence-corrected chi connectivity index (χ4v) is 1.85. The molecule has 6 heteroatoms. The molecule has 1 heterocycles. The number of rotatable bonds is 1. The standard InChI is InChI=1S/C8H10F3NO2/c1-4-7(3-12-4)2-5(7)14-6(13)8(9,10)11/h4-5,12H,2-3H2,1H3. The lowest BCUT2D eigenvalue weighted by Crippen LogP contribution is -2.55. The third kappa shape index (κ3) is 1.28. The lowest BCUT2D eigenvalue weighted by Gasteiger charge is -2.36. The van der Waals surface area contributed by atoms with Gasteiger partial charge in [-0.3, -0.25) is 0 Å². The van der Waals surface area contributed by atoms with Crippen LogP contribution in [0.2, 0.25) is 0 Å². The molecule has 0 radical (unpaired) electrons. The zero-order valence-electron chi connectivity index (χ0n) is 7.52. The van der Waals surface area contributed by atoms with Gasteiger partial charge in [-0.1, -0.05) is 0 Å². The maximum absolute atomic E-state index is 11.8. The minimum absolute atomic E-state index is 0.147. The lowest BCUT2D eigenvalue weighted by molar-refractivity contribution is -0.202. The molecule has 0 aromatic heterocycles. The van der Waals surface area contributed by atoms with Crippen LogP contribution in [0.15, 0.2) is 0 Å². The number of hydrogen-bond acceptors (Lipinski definition) is 3. The van der Waals surface area contributed by atoms with Crippen LogP contribution in [0.4, 0.5) is 13.2 Å². The molecular weight excluding hydrogens is 199 g/mol. The van der Waals surface area contributed by atoms with Crippen LogP contribution in [0.5, 0.6) is 0 Å². The number of esters is 1. The van der Waals surface area contributed by atoms with Crippen molar-refractivity contribution in [3.8, 4) is 0 Å². The van der Waals surface area contributed by atoms with Crippen LogP contribution in [-0.4, -0.2) is 30.8 Å². The Morgan fingerprint density at radius 1 is 1.57 bits per heavy atom. The average molecular weight is 209 g/mol. The largest absolute Gasteiger partial charge is 0.490 e. The van der Waals surface area contributed by atoms with Gasteiger partial charge in [0, 0.05) is 18.0 Å². The summed E-state index contributed by atoms with van der Waals surface area (Å²) in [4.78, 5) is 10.5. The molecule has 14 heavy (non-hydrogen) atoms. The lowest BCUT2D eigenvalue weighted by atomic mass is 9.89. The first-order valence-electron chi connectivity index (χ1n) is 4.37. The molecule has 1 saturated heterocycles. The number of halogens is 3. The maximum atomic E-state index is 11.8. The van der Waals surface area contributed by atoms with E-state index in [9.17, 15) is 18.0 Å². The van der Waals surface area contributed by atoms with E-state index in [-0.39, 0.29) is 11.5 Å². The first-order chi connectivity index (χ1) is 6.36. The summed E-state index contributed by atoms with van der Waals surface area (Å²) in [7, 11) is 0. The van der Waals surface area contributed by atoms with Gasteiger partial charge in [0.2, 0.25) is 0 Å². The van der Waals surface area contributed by atoms with Gasteiger partial charge in [0.1, 0.15) is 6.10 Å². The minimum Gasteiger partial charge on any atom is -0.455 e. The molecule has 3 nitrogen and oxygen atoms in total. The number of alkyl halides is 3. The van der Waals surface area contributed by atoms with Gasteiger partial charge in [-0.15, -0.1) is 0 Å². The smallest absolute Gasteiger partial charge is 0.455 e. The summed E-state index contributed by atoms with van der Waals surface area (Å²) in [5.74, 6) is -2.07. The van der Waals surface area contributed by atoms with E-state index in [2.05, 4.69) is 10.1 Å². The van der Waals surface area contributed by atoms with E-state index >= 15 is 0 Å². The van der Waals surface area contributed by atoms with E-state index in [1.807, 2.05) is 6.92 Å². The first-order valence-corrected chi connectivity index (χ1v) is 4.37. The second kappa shape index (κ2) is 2.62. The van der Waals surface area contributed by atoms with Gasteiger partial charge in [-0.05, 0) is 13.3 Å². The Kier molecular flexibility index (Phi) is 1.83. The molecule has 2 aliphatic rings.